The molecule has 0 spiro atoms. The molecule has 116 valence electrons. The van der Waals surface area contributed by atoms with Crippen LogP contribution in [0.3, 0.4) is 0 Å². The van der Waals surface area contributed by atoms with E-state index in [0.717, 1.165) is 12.1 Å². The van der Waals surface area contributed by atoms with E-state index < -0.39 is 23.2 Å². The van der Waals surface area contributed by atoms with Crippen LogP contribution in [0.25, 0.3) is 0 Å². The predicted octanol–water partition coefficient (Wildman–Crippen LogP) is 3.15. The van der Waals surface area contributed by atoms with E-state index in [1.54, 1.807) is 6.92 Å². The normalized spacial score (nSPS) is 13.8. The number of hydrogen-bond donors (Lipinski definition) is 1. The first kappa shape index (κ1) is 17.1. The van der Waals surface area contributed by atoms with Crippen LogP contribution in [-0.4, -0.2) is 23.7 Å². The van der Waals surface area contributed by atoms with Crippen molar-refractivity contribution >= 4 is 11.9 Å². The fourth-order valence-electron chi connectivity index (χ4n) is 2.18. The Balaban J connectivity index is 3.32. The number of rotatable bonds is 7. The number of carboxylic acid groups (broad SMARTS) is 1. The van der Waals surface area contributed by atoms with Crippen molar-refractivity contribution in [2.45, 2.75) is 39.0 Å². The molecule has 1 unspecified atom stereocenters. The Bertz CT molecular complexity index is 496. The molecule has 5 heteroatoms. The molecule has 21 heavy (non-hydrogen) atoms. The summed E-state index contributed by atoms with van der Waals surface area (Å²) in [6.45, 7) is 5.61. The van der Waals surface area contributed by atoms with Gasteiger partial charge in [-0.3, -0.25) is 9.59 Å². The van der Waals surface area contributed by atoms with Gasteiger partial charge in [0.2, 0.25) is 0 Å². The second-order valence-corrected chi connectivity index (χ2v) is 5.37. The second kappa shape index (κ2) is 7.20. The van der Waals surface area contributed by atoms with Gasteiger partial charge in [0.15, 0.2) is 5.41 Å². The Morgan fingerprint density at radius 2 is 1.86 bits per heavy atom. The topological polar surface area (TPSA) is 63.6 Å². The lowest BCUT2D eigenvalue weighted by atomic mass is 9.75. The smallest absolute Gasteiger partial charge is 0.328 e. The lowest BCUT2D eigenvalue weighted by molar-refractivity contribution is -0.162. The third-order valence-electron chi connectivity index (χ3n) is 3.42. The molecule has 0 bridgehead atoms. The molecule has 1 N–H and O–H groups in total. The van der Waals surface area contributed by atoms with Gasteiger partial charge in [0.1, 0.15) is 5.82 Å². The summed E-state index contributed by atoms with van der Waals surface area (Å²) in [6, 6.07) is 4.98. The molecule has 0 saturated heterocycles. The maximum atomic E-state index is 13.1. The number of esters is 1. The first-order valence-electron chi connectivity index (χ1n) is 7.01. The van der Waals surface area contributed by atoms with Gasteiger partial charge in [-0.05, 0) is 43.4 Å². The molecule has 0 aromatic heterocycles. The van der Waals surface area contributed by atoms with E-state index in [-0.39, 0.29) is 24.5 Å². The summed E-state index contributed by atoms with van der Waals surface area (Å²) in [5.74, 6) is -2.32. The average molecular weight is 296 g/mol. The van der Waals surface area contributed by atoms with Crippen molar-refractivity contribution in [2.75, 3.05) is 6.61 Å². The van der Waals surface area contributed by atoms with Crippen LogP contribution < -0.4 is 0 Å². The van der Waals surface area contributed by atoms with Crippen molar-refractivity contribution in [1.82, 2.24) is 0 Å². The van der Waals surface area contributed by atoms with E-state index in [1.165, 1.54) is 12.1 Å². The predicted molar refractivity (Wildman–Crippen MR) is 76.4 cm³/mol. The Hall–Kier alpha value is -1.91. The molecule has 0 aliphatic carbocycles. The van der Waals surface area contributed by atoms with Gasteiger partial charge in [0.25, 0.3) is 0 Å². The molecule has 0 amide bonds. The van der Waals surface area contributed by atoms with E-state index in [9.17, 15) is 19.1 Å². The quantitative estimate of drug-likeness (QED) is 0.620. The molecule has 0 radical (unpaired) electrons. The minimum Gasteiger partial charge on any atom is -0.480 e. The van der Waals surface area contributed by atoms with Crippen LogP contribution in [0.1, 0.15) is 39.2 Å². The van der Waals surface area contributed by atoms with Gasteiger partial charge in [-0.15, -0.1) is 0 Å². The van der Waals surface area contributed by atoms with Crippen molar-refractivity contribution in [3.05, 3.63) is 35.6 Å². The highest BCUT2D eigenvalue weighted by Crippen LogP contribution is 2.33. The third-order valence-corrected chi connectivity index (χ3v) is 3.42. The lowest BCUT2D eigenvalue weighted by Gasteiger charge is -2.28. The number of halogens is 1. The largest absolute Gasteiger partial charge is 0.480 e. The Morgan fingerprint density at radius 1 is 1.29 bits per heavy atom. The molecular formula is C16H21FO4. The van der Waals surface area contributed by atoms with Crippen molar-refractivity contribution in [3.8, 4) is 0 Å². The highest BCUT2D eigenvalue weighted by molar-refractivity contribution is 6.05. The van der Waals surface area contributed by atoms with Crippen molar-refractivity contribution in [2.24, 2.45) is 5.92 Å². The zero-order valence-corrected chi connectivity index (χ0v) is 12.6. The average Bonchev–Trinajstić information content (AvgIpc) is 2.41. The maximum Gasteiger partial charge on any atom is 0.328 e. The van der Waals surface area contributed by atoms with Gasteiger partial charge in [0, 0.05) is 0 Å². The number of carboxylic acids is 1. The van der Waals surface area contributed by atoms with Crippen LogP contribution in [-0.2, 0) is 19.7 Å². The highest BCUT2D eigenvalue weighted by atomic mass is 19.1. The molecule has 1 rings (SSSR count). The molecule has 1 atom stereocenters. The lowest BCUT2D eigenvalue weighted by Crippen LogP contribution is -2.45. The molecular weight excluding hydrogens is 275 g/mol. The molecule has 1 aromatic rings. The van der Waals surface area contributed by atoms with Crippen LogP contribution >= 0.6 is 0 Å². The summed E-state index contributed by atoms with van der Waals surface area (Å²) in [4.78, 5) is 24.1. The zero-order chi connectivity index (χ0) is 16.0. The van der Waals surface area contributed by atoms with Crippen LogP contribution in [0.4, 0.5) is 4.39 Å². The molecule has 0 fully saturated rings. The standard InChI is InChI=1S/C16H21FO4/c1-4-21-15(20)16(14(18)19,10-9-11(2)3)12-5-7-13(17)8-6-12/h5-8,11H,4,9-10H2,1-3H3,(H,18,19). The van der Waals surface area contributed by atoms with Crippen LogP contribution in [0.2, 0.25) is 0 Å². The molecule has 0 heterocycles. The van der Waals surface area contributed by atoms with Crippen LogP contribution in [0.5, 0.6) is 0 Å². The summed E-state index contributed by atoms with van der Waals surface area (Å²) in [6.07, 6.45) is 0.660. The Labute approximate surface area is 123 Å². The van der Waals surface area contributed by atoms with Gasteiger partial charge in [0.05, 0.1) is 6.61 Å². The summed E-state index contributed by atoms with van der Waals surface area (Å²) >= 11 is 0. The van der Waals surface area contributed by atoms with E-state index in [2.05, 4.69) is 0 Å². The first-order chi connectivity index (χ1) is 9.84. The highest BCUT2D eigenvalue weighted by Gasteiger charge is 2.49. The molecule has 1 aromatic carbocycles. The van der Waals surface area contributed by atoms with Gasteiger partial charge in [-0.25, -0.2) is 4.39 Å². The number of ether oxygens (including phenoxy) is 1. The zero-order valence-electron chi connectivity index (χ0n) is 12.6. The fraction of sp³-hybridized carbons (Fsp3) is 0.500. The minimum absolute atomic E-state index is 0.0940. The van der Waals surface area contributed by atoms with Crippen LogP contribution in [0, 0.1) is 11.7 Å². The monoisotopic (exact) mass is 296 g/mol. The van der Waals surface area contributed by atoms with E-state index in [0.29, 0.717) is 6.42 Å². The van der Waals surface area contributed by atoms with Gasteiger partial charge < -0.3 is 9.84 Å². The molecule has 4 nitrogen and oxygen atoms in total. The Kier molecular flexibility index (Phi) is 5.88. The van der Waals surface area contributed by atoms with Crippen molar-refractivity contribution < 1.29 is 23.8 Å². The summed E-state index contributed by atoms with van der Waals surface area (Å²) < 4.78 is 18.0. The van der Waals surface area contributed by atoms with Crippen molar-refractivity contribution in [3.63, 3.8) is 0 Å². The number of carbonyl (C=O) groups excluding carboxylic acids is 1. The van der Waals surface area contributed by atoms with Crippen molar-refractivity contribution in [1.29, 1.82) is 0 Å². The second-order valence-electron chi connectivity index (χ2n) is 5.37. The van der Waals surface area contributed by atoms with E-state index >= 15 is 0 Å². The minimum atomic E-state index is -1.78. The number of aliphatic carboxylic acids is 1. The van der Waals surface area contributed by atoms with Gasteiger partial charge >= 0.3 is 11.9 Å². The fourth-order valence-corrected chi connectivity index (χ4v) is 2.18. The SMILES string of the molecule is CCOC(=O)C(CCC(C)C)(C(=O)O)c1ccc(F)cc1. The maximum absolute atomic E-state index is 13.1. The third kappa shape index (κ3) is 3.80. The number of carbonyl (C=O) groups is 2. The van der Waals surface area contributed by atoms with E-state index in [4.69, 9.17) is 4.74 Å². The summed E-state index contributed by atoms with van der Waals surface area (Å²) in [5.41, 5.74) is -1.54. The van der Waals surface area contributed by atoms with Gasteiger partial charge in [-0.1, -0.05) is 26.0 Å². The van der Waals surface area contributed by atoms with Gasteiger partial charge in [-0.2, -0.15) is 0 Å². The number of hydrogen-bond acceptors (Lipinski definition) is 3. The summed E-state index contributed by atoms with van der Waals surface area (Å²) in [5, 5.41) is 9.66. The Morgan fingerprint density at radius 3 is 2.29 bits per heavy atom. The summed E-state index contributed by atoms with van der Waals surface area (Å²) in [7, 11) is 0. The molecule has 0 aliphatic rings. The first-order valence-corrected chi connectivity index (χ1v) is 7.01. The van der Waals surface area contributed by atoms with E-state index in [1.807, 2.05) is 13.8 Å². The molecule has 0 saturated carbocycles. The molecule has 0 aliphatic heterocycles. The number of benzene rings is 1. The van der Waals surface area contributed by atoms with Crippen LogP contribution in [0.15, 0.2) is 24.3 Å².